The number of halogens is 2. The van der Waals surface area contributed by atoms with Gasteiger partial charge < -0.3 is 4.74 Å². The van der Waals surface area contributed by atoms with Crippen LogP contribution in [0.1, 0.15) is 81.8 Å². The lowest BCUT2D eigenvalue weighted by Gasteiger charge is -2.38. The van der Waals surface area contributed by atoms with Crippen LogP contribution in [-0.2, 0) is 6.61 Å². The van der Waals surface area contributed by atoms with Crippen molar-refractivity contribution in [3.63, 3.8) is 0 Å². The first-order chi connectivity index (χ1) is 14.6. The summed E-state index contributed by atoms with van der Waals surface area (Å²) in [5.74, 6) is 2.62. The minimum absolute atomic E-state index is 0.244. The van der Waals surface area contributed by atoms with E-state index >= 15 is 0 Å². The van der Waals surface area contributed by atoms with Gasteiger partial charge in [-0.2, -0.15) is 0 Å². The third-order valence-corrected chi connectivity index (χ3v) is 7.63. The van der Waals surface area contributed by atoms with E-state index in [0.29, 0.717) is 11.5 Å². The number of hydrogen-bond acceptors (Lipinski definition) is 1. The lowest BCUT2D eigenvalue weighted by atomic mass is 9.68. The summed E-state index contributed by atoms with van der Waals surface area (Å²) in [6.45, 7) is 2.58. The third-order valence-electron chi connectivity index (χ3n) is 7.63. The summed E-state index contributed by atoms with van der Waals surface area (Å²) in [5.41, 5.74) is 1.99. The zero-order valence-electron chi connectivity index (χ0n) is 18.1. The van der Waals surface area contributed by atoms with Gasteiger partial charge in [-0.1, -0.05) is 44.4 Å². The molecular weight excluding hydrogens is 378 g/mol. The van der Waals surface area contributed by atoms with Crippen LogP contribution in [0.15, 0.2) is 42.5 Å². The highest BCUT2D eigenvalue weighted by molar-refractivity contribution is 5.31. The van der Waals surface area contributed by atoms with Gasteiger partial charge in [-0.25, -0.2) is 8.78 Å². The Kier molecular flexibility index (Phi) is 7.07. The molecule has 2 aliphatic rings. The molecule has 2 fully saturated rings. The minimum atomic E-state index is -0.829. The number of hydrogen-bond donors (Lipinski definition) is 0. The molecule has 162 valence electrons. The topological polar surface area (TPSA) is 9.23 Å². The van der Waals surface area contributed by atoms with Gasteiger partial charge in [0.1, 0.15) is 12.4 Å². The van der Waals surface area contributed by atoms with Crippen molar-refractivity contribution < 1.29 is 13.5 Å². The van der Waals surface area contributed by atoms with Crippen molar-refractivity contribution in [3.8, 4) is 5.75 Å². The third kappa shape index (κ3) is 5.22. The van der Waals surface area contributed by atoms with Crippen LogP contribution in [0, 0.1) is 29.4 Å². The summed E-state index contributed by atoms with van der Waals surface area (Å²) in [7, 11) is 0. The molecule has 0 saturated heterocycles. The maximum Gasteiger partial charge on any atom is 0.159 e. The van der Waals surface area contributed by atoms with Crippen molar-refractivity contribution in [1.82, 2.24) is 0 Å². The smallest absolute Gasteiger partial charge is 0.159 e. The molecule has 30 heavy (non-hydrogen) atoms. The van der Waals surface area contributed by atoms with E-state index in [4.69, 9.17) is 4.74 Å². The van der Waals surface area contributed by atoms with Crippen molar-refractivity contribution >= 4 is 0 Å². The van der Waals surface area contributed by atoms with Gasteiger partial charge in [-0.3, -0.25) is 0 Å². The molecule has 0 unspecified atom stereocenters. The van der Waals surface area contributed by atoms with E-state index in [1.54, 1.807) is 6.07 Å². The minimum Gasteiger partial charge on any atom is -0.489 e. The molecule has 0 aliphatic heterocycles. The van der Waals surface area contributed by atoms with Gasteiger partial charge in [0, 0.05) is 0 Å². The average molecular weight is 413 g/mol. The predicted octanol–water partition coefficient (Wildman–Crippen LogP) is 8.03. The first-order valence-corrected chi connectivity index (χ1v) is 11.8. The maximum atomic E-state index is 13.4. The van der Waals surface area contributed by atoms with E-state index in [0.717, 1.165) is 29.6 Å². The molecule has 3 heteroatoms. The number of rotatable bonds is 6. The van der Waals surface area contributed by atoms with Gasteiger partial charge in [0.2, 0.25) is 0 Å². The Morgan fingerprint density at radius 3 is 2.17 bits per heavy atom. The van der Waals surface area contributed by atoms with Crippen LogP contribution in [0.2, 0.25) is 0 Å². The fourth-order valence-corrected chi connectivity index (χ4v) is 5.65. The normalized spacial score (nSPS) is 27.0. The Morgan fingerprint density at radius 2 is 1.50 bits per heavy atom. The quantitative estimate of drug-likeness (QED) is 0.466. The summed E-state index contributed by atoms with van der Waals surface area (Å²) in [6, 6.07) is 12.3. The molecular formula is C27H34F2O. The molecule has 0 radical (unpaired) electrons. The van der Waals surface area contributed by atoms with Gasteiger partial charge in [-0.05, 0) is 97.6 Å². The molecule has 0 N–H and O–H groups in total. The second-order valence-corrected chi connectivity index (χ2v) is 9.41. The Hall–Kier alpha value is -1.90. The van der Waals surface area contributed by atoms with E-state index in [9.17, 15) is 8.78 Å². The second-order valence-electron chi connectivity index (χ2n) is 9.41. The highest BCUT2D eigenvalue weighted by atomic mass is 19.2. The van der Waals surface area contributed by atoms with Gasteiger partial charge in [-0.15, -0.1) is 0 Å². The lowest BCUT2D eigenvalue weighted by molar-refractivity contribution is 0.158. The van der Waals surface area contributed by atoms with Crippen LogP contribution in [-0.4, -0.2) is 0 Å². The van der Waals surface area contributed by atoms with Crippen molar-refractivity contribution in [2.24, 2.45) is 17.8 Å². The molecule has 2 aliphatic carbocycles. The zero-order valence-corrected chi connectivity index (χ0v) is 18.1. The molecule has 0 amide bonds. The van der Waals surface area contributed by atoms with Crippen LogP contribution < -0.4 is 4.74 Å². The first kappa shape index (κ1) is 21.3. The first-order valence-electron chi connectivity index (χ1n) is 11.8. The Bertz CT molecular complexity index is 817. The second kappa shape index (κ2) is 9.94. The van der Waals surface area contributed by atoms with Crippen molar-refractivity contribution in [2.45, 2.75) is 77.2 Å². The van der Waals surface area contributed by atoms with E-state index in [2.05, 4.69) is 19.1 Å². The highest BCUT2D eigenvalue weighted by Gasteiger charge is 2.30. The standard InChI is InChI=1S/C27H34F2O/c1-2-19-6-9-21(10-7-19)22-11-13-23(14-12-22)24-4-3-5-25(17-24)30-18-20-8-15-26(28)27(29)16-20/h3-5,8,15-17,19,21-23H,2,6-7,9-14,18H2,1H3. The summed E-state index contributed by atoms with van der Waals surface area (Å²) < 4.78 is 32.3. The molecule has 4 rings (SSSR count). The highest BCUT2D eigenvalue weighted by Crippen LogP contribution is 2.44. The van der Waals surface area contributed by atoms with Crippen LogP contribution in [0.25, 0.3) is 0 Å². The Balaban J connectivity index is 1.29. The lowest BCUT2D eigenvalue weighted by Crippen LogP contribution is -2.25. The Morgan fingerprint density at radius 1 is 0.800 bits per heavy atom. The summed E-state index contributed by atoms with van der Waals surface area (Å²) in [4.78, 5) is 0. The van der Waals surface area contributed by atoms with Gasteiger partial charge in [0.25, 0.3) is 0 Å². The van der Waals surface area contributed by atoms with Crippen LogP contribution >= 0.6 is 0 Å². The molecule has 0 spiro atoms. The van der Waals surface area contributed by atoms with E-state index in [1.165, 1.54) is 69.4 Å². The molecule has 2 aromatic carbocycles. The van der Waals surface area contributed by atoms with Gasteiger partial charge in [0.05, 0.1) is 0 Å². The average Bonchev–Trinajstić information content (AvgIpc) is 2.80. The SMILES string of the molecule is CCC1CCC(C2CCC(c3cccc(OCc4ccc(F)c(F)c4)c3)CC2)CC1. The molecule has 1 nitrogen and oxygen atoms in total. The van der Waals surface area contributed by atoms with Crippen LogP contribution in [0.5, 0.6) is 5.75 Å². The number of benzene rings is 2. The fraction of sp³-hybridized carbons (Fsp3) is 0.556. The number of ether oxygens (including phenoxy) is 1. The zero-order chi connectivity index (χ0) is 20.9. The molecule has 0 aromatic heterocycles. The summed E-state index contributed by atoms with van der Waals surface area (Å²) in [6.07, 6.45) is 12.4. The Labute approximate surface area is 179 Å². The summed E-state index contributed by atoms with van der Waals surface area (Å²) >= 11 is 0. The molecule has 2 aromatic rings. The molecule has 2 saturated carbocycles. The monoisotopic (exact) mass is 412 g/mol. The van der Waals surface area contributed by atoms with Crippen molar-refractivity contribution in [3.05, 3.63) is 65.2 Å². The van der Waals surface area contributed by atoms with Gasteiger partial charge in [0.15, 0.2) is 11.6 Å². The largest absolute Gasteiger partial charge is 0.489 e. The van der Waals surface area contributed by atoms with Crippen LogP contribution in [0.3, 0.4) is 0 Å². The molecule has 0 heterocycles. The molecule has 0 bridgehead atoms. The van der Waals surface area contributed by atoms with Gasteiger partial charge >= 0.3 is 0 Å². The molecule has 0 atom stereocenters. The van der Waals surface area contributed by atoms with E-state index in [-0.39, 0.29) is 6.61 Å². The van der Waals surface area contributed by atoms with E-state index < -0.39 is 11.6 Å². The van der Waals surface area contributed by atoms with Crippen molar-refractivity contribution in [1.29, 1.82) is 0 Å². The maximum absolute atomic E-state index is 13.4. The summed E-state index contributed by atoms with van der Waals surface area (Å²) in [5, 5.41) is 0. The fourth-order valence-electron chi connectivity index (χ4n) is 5.65. The van der Waals surface area contributed by atoms with Crippen LogP contribution in [0.4, 0.5) is 8.78 Å². The van der Waals surface area contributed by atoms with E-state index in [1.807, 2.05) is 12.1 Å². The predicted molar refractivity (Wildman–Crippen MR) is 118 cm³/mol. The van der Waals surface area contributed by atoms with Crippen molar-refractivity contribution in [2.75, 3.05) is 0 Å².